The Morgan fingerprint density at radius 2 is 1.94 bits per heavy atom. The first kappa shape index (κ1) is 11.3. The van der Waals surface area contributed by atoms with Gasteiger partial charge in [0.1, 0.15) is 10.7 Å². The van der Waals surface area contributed by atoms with Gasteiger partial charge < -0.3 is 5.11 Å². The second kappa shape index (κ2) is 4.76. The van der Waals surface area contributed by atoms with E-state index < -0.39 is 6.10 Å². The van der Waals surface area contributed by atoms with Crippen LogP contribution in [0.5, 0.6) is 0 Å². The monoisotopic (exact) mass is 277 g/mol. The zero-order chi connectivity index (χ0) is 11.5. The highest BCUT2D eigenvalue weighted by Gasteiger charge is 2.12. The number of aliphatic hydroxyl groups is 1. The predicted molar refractivity (Wildman–Crippen MR) is 67.2 cm³/mol. The zero-order valence-corrected chi connectivity index (χ0v) is 10.5. The van der Waals surface area contributed by atoms with E-state index in [4.69, 9.17) is 0 Å². The predicted octanol–water partition coefficient (Wildman–Crippen LogP) is 3.23. The Hall–Kier alpha value is -1.19. The van der Waals surface area contributed by atoms with Gasteiger partial charge in [0.15, 0.2) is 0 Å². The maximum absolute atomic E-state index is 10.2. The molecule has 1 aromatic carbocycles. The standard InChI is InChI=1S/C13H12BrNO/c1-9-7-12(14)15-8-11(9)13(16)10-5-3-2-4-6-10/h2-8,13,16H,1H3. The number of aliphatic hydroxyl groups excluding tert-OH is 1. The smallest absolute Gasteiger partial charge is 0.106 e. The van der Waals surface area contributed by atoms with Gasteiger partial charge in [0.05, 0.1) is 0 Å². The minimum absolute atomic E-state index is 0.609. The Morgan fingerprint density at radius 3 is 2.56 bits per heavy atom. The highest BCUT2D eigenvalue weighted by Crippen LogP contribution is 2.25. The van der Waals surface area contributed by atoms with Crippen LogP contribution in [0.2, 0.25) is 0 Å². The van der Waals surface area contributed by atoms with E-state index >= 15 is 0 Å². The van der Waals surface area contributed by atoms with Gasteiger partial charge in [0, 0.05) is 11.8 Å². The van der Waals surface area contributed by atoms with E-state index in [1.807, 2.05) is 43.3 Å². The molecule has 0 aliphatic carbocycles. The number of rotatable bonds is 2. The average Bonchev–Trinajstić information content (AvgIpc) is 2.29. The highest BCUT2D eigenvalue weighted by atomic mass is 79.9. The summed E-state index contributed by atoms with van der Waals surface area (Å²) in [6.45, 7) is 1.97. The van der Waals surface area contributed by atoms with Crippen LogP contribution in [0.3, 0.4) is 0 Å². The molecule has 0 spiro atoms. The number of hydrogen-bond donors (Lipinski definition) is 1. The molecule has 2 nitrogen and oxygen atoms in total. The molecule has 1 heterocycles. The molecule has 0 amide bonds. The summed E-state index contributed by atoms with van der Waals surface area (Å²) in [6, 6.07) is 11.5. The molecule has 0 aliphatic heterocycles. The first-order chi connectivity index (χ1) is 7.68. The third kappa shape index (κ3) is 2.31. The fourth-order valence-corrected chi connectivity index (χ4v) is 2.08. The van der Waals surface area contributed by atoms with Crippen molar-refractivity contribution < 1.29 is 5.11 Å². The number of aryl methyl sites for hydroxylation is 1. The summed E-state index contributed by atoms with van der Waals surface area (Å²) < 4.78 is 0.786. The van der Waals surface area contributed by atoms with Crippen molar-refractivity contribution in [3.63, 3.8) is 0 Å². The van der Waals surface area contributed by atoms with Crippen molar-refractivity contribution in [3.05, 3.63) is 63.9 Å². The van der Waals surface area contributed by atoms with Crippen LogP contribution < -0.4 is 0 Å². The summed E-state index contributed by atoms with van der Waals surface area (Å²) in [5.74, 6) is 0. The largest absolute Gasteiger partial charge is 0.384 e. The Bertz CT molecular complexity index is 485. The number of nitrogens with zero attached hydrogens (tertiary/aromatic N) is 1. The van der Waals surface area contributed by atoms with E-state index in [2.05, 4.69) is 20.9 Å². The Labute approximate surface area is 103 Å². The second-order valence-corrected chi connectivity index (χ2v) is 4.49. The SMILES string of the molecule is Cc1cc(Br)ncc1C(O)c1ccccc1. The minimum Gasteiger partial charge on any atom is -0.384 e. The average molecular weight is 278 g/mol. The van der Waals surface area contributed by atoms with E-state index in [0.29, 0.717) is 0 Å². The second-order valence-electron chi connectivity index (χ2n) is 3.68. The molecule has 0 saturated heterocycles. The van der Waals surface area contributed by atoms with Crippen molar-refractivity contribution in [2.45, 2.75) is 13.0 Å². The summed E-state index contributed by atoms with van der Waals surface area (Å²) in [7, 11) is 0. The first-order valence-electron chi connectivity index (χ1n) is 5.03. The molecule has 0 radical (unpaired) electrons. The van der Waals surface area contributed by atoms with Crippen molar-refractivity contribution in [3.8, 4) is 0 Å². The normalized spacial score (nSPS) is 12.4. The van der Waals surface area contributed by atoms with Crippen molar-refractivity contribution in [2.24, 2.45) is 0 Å². The van der Waals surface area contributed by atoms with E-state index in [9.17, 15) is 5.11 Å². The topological polar surface area (TPSA) is 33.1 Å². The van der Waals surface area contributed by atoms with E-state index in [1.54, 1.807) is 6.20 Å². The fraction of sp³-hybridized carbons (Fsp3) is 0.154. The van der Waals surface area contributed by atoms with E-state index in [0.717, 1.165) is 21.3 Å². The van der Waals surface area contributed by atoms with Gasteiger partial charge in [-0.2, -0.15) is 0 Å². The number of hydrogen-bond acceptors (Lipinski definition) is 2. The Balaban J connectivity index is 2.38. The van der Waals surface area contributed by atoms with Gasteiger partial charge in [-0.1, -0.05) is 30.3 Å². The molecule has 1 aromatic heterocycles. The van der Waals surface area contributed by atoms with Crippen LogP contribution in [0.4, 0.5) is 0 Å². The van der Waals surface area contributed by atoms with Gasteiger partial charge >= 0.3 is 0 Å². The number of halogens is 1. The van der Waals surface area contributed by atoms with Crippen LogP contribution in [0.25, 0.3) is 0 Å². The van der Waals surface area contributed by atoms with Gasteiger partial charge in [0.25, 0.3) is 0 Å². The summed E-state index contributed by atoms with van der Waals surface area (Å²) in [5.41, 5.74) is 2.75. The zero-order valence-electron chi connectivity index (χ0n) is 8.89. The van der Waals surface area contributed by atoms with Gasteiger partial charge in [-0.05, 0) is 40.0 Å². The molecule has 82 valence electrons. The summed E-state index contributed by atoms with van der Waals surface area (Å²) >= 11 is 3.31. The molecule has 0 bridgehead atoms. The molecule has 16 heavy (non-hydrogen) atoms. The van der Waals surface area contributed by atoms with Gasteiger partial charge in [0.2, 0.25) is 0 Å². The lowest BCUT2D eigenvalue weighted by Gasteiger charge is -2.13. The van der Waals surface area contributed by atoms with Crippen molar-refractivity contribution in [1.29, 1.82) is 0 Å². The lowest BCUT2D eigenvalue weighted by molar-refractivity contribution is 0.219. The van der Waals surface area contributed by atoms with Gasteiger partial charge in [-0.25, -0.2) is 4.98 Å². The minimum atomic E-state index is -0.609. The molecule has 2 rings (SSSR count). The molecule has 0 saturated carbocycles. The van der Waals surface area contributed by atoms with E-state index in [1.165, 1.54) is 0 Å². The number of benzene rings is 1. The van der Waals surface area contributed by atoms with Crippen LogP contribution in [0.15, 0.2) is 47.2 Å². The van der Waals surface area contributed by atoms with Crippen LogP contribution in [-0.4, -0.2) is 10.1 Å². The van der Waals surface area contributed by atoms with Crippen LogP contribution in [-0.2, 0) is 0 Å². The molecule has 1 unspecified atom stereocenters. The lowest BCUT2D eigenvalue weighted by Crippen LogP contribution is -2.02. The first-order valence-corrected chi connectivity index (χ1v) is 5.83. The lowest BCUT2D eigenvalue weighted by atomic mass is 10.00. The highest BCUT2D eigenvalue weighted by molar-refractivity contribution is 9.10. The molecule has 0 fully saturated rings. The van der Waals surface area contributed by atoms with E-state index in [-0.39, 0.29) is 0 Å². The third-order valence-corrected chi connectivity index (χ3v) is 2.96. The molecular weight excluding hydrogens is 266 g/mol. The van der Waals surface area contributed by atoms with Crippen LogP contribution in [0, 0.1) is 6.92 Å². The third-order valence-electron chi connectivity index (χ3n) is 2.53. The summed E-state index contributed by atoms with van der Waals surface area (Å²) in [4.78, 5) is 4.14. The molecular formula is C13H12BrNO. The maximum Gasteiger partial charge on any atom is 0.106 e. The van der Waals surface area contributed by atoms with Crippen molar-refractivity contribution >= 4 is 15.9 Å². The maximum atomic E-state index is 10.2. The summed E-state index contributed by atoms with van der Waals surface area (Å²) in [6.07, 6.45) is 1.10. The van der Waals surface area contributed by atoms with Crippen molar-refractivity contribution in [2.75, 3.05) is 0 Å². The van der Waals surface area contributed by atoms with Crippen LogP contribution >= 0.6 is 15.9 Å². The van der Waals surface area contributed by atoms with Crippen LogP contribution in [0.1, 0.15) is 22.8 Å². The molecule has 3 heteroatoms. The Kier molecular flexibility index (Phi) is 3.36. The molecule has 2 aromatic rings. The molecule has 0 aliphatic rings. The number of pyridine rings is 1. The summed E-state index contributed by atoms with van der Waals surface area (Å²) in [5, 5.41) is 10.2. The van der Waals surface area contributed by atoms with Gasteiger partial charge in [-0.3, -0.25) is 0 Å². The molecule has 1 atom stereocenters. The number of aromatic nitrogens is 1. The fourth-order valence-electron chi connectivity index (χ4n) is 1.63. The van der Waals surface area contributed by atoms with Gasteiger partial charge in [-0.15, -0.1) is 0 Å². The molecule has 1 N–H and O–H groups in total. The Morgan fingerprint density at radius 1 is 1.25 bits per heavy atom. The quantitative estimate of drug-likeness (QED) is 0.855. The van der Waals surface area contributed by atoms with Crippen molar-refractivity contribution in [1.82, 2.24) is 4.98 Å².